The Morgan fingerprint density at radius 1 is 1.18 bits per heavy atom. The lowest BCUT2D eigenvalue weighted by molar-refractivity contribution is 0.117. The summed E-state index contributed by atoms with van der Waals surface area (Å²) >= 11 is 1.54. The average molecular weight is 318 g/mol. The summed E-state index contributed by atoms with van der Waals surface area (Å²) in [7, 11) is 0. The van der Waals surface area contributed by atoms with Gasteiger partial charge in [0.25, 0.3) is 0 Å². The number of nitrogens with zero attached hydrogens (tertiary/aromatic N) is 1. The summed E-state index contributed by atoms with van der Waals surface area (Å²) in [4.78, 5) is 4.43. The van der Waals surface area contributed by atoms with Crippen molar-refractivity contribution in [2.75, 3.05) is 18.5 Å². The van der Waals surface area contributed by atoms with Gasteiger partial charge in [-0.3, -0.25) is 0 Å². The van der Waals surface area contributed by atoms with Gasteiger partial charge in [-0.1, -0.05) is 23.5 Å². The summed E-state index contributed by atoms with van der Waals surface area (Å²) in [6, 6.07) is 13.6. The fourth-order valence-electron chi connectivity index (χ4n) is 1.94. The monoisotopic (exact) mass is 318 g/mol. The van der Waals surface area contributed by atoms with E-state index in [-0.39, 0.29) is 12.4 Å². The van der Waals surface area contributed by atoms with Gasteiger partial charge in [-0.25, -0.2) is 9.37 Å². The van der Waals surface area contributed by atoms with E-state index >= 15 is 0 Å². The van der Waals surface area contributed by atoms with Crippen molar-refractivity contribution in [1.29, 1.82) is 0 Å². The standard InChI is InChI=1S/C16H15FN2O2S/c17-11-5-7-13(8-6-11)21-10-12(20)9-18-16-19-14-3-1-2-4-15(14)22-16/h1-8,12,20H,9-10H2,(H,18,19). The molecule has 2 aromatic carbocycles. The molecule has 1 unspecified atom stereocenters. The largest absolute Gasteiger partial charge is 0.491 e. The van der Waals surface area contributed by atoms with E-state index in [2.05, 4.69) is 10.3 Å². The third-order valence-electron chi connectivity index (χ3n) is 3.04. The number of halogens is 1. The lowest BCUT2D eigenvalue weighted by Gasteiger charge is -2.12. The molecule has 0 amide bonds. The molecule has 0 saturated heterocycles. The molecule has 0 fully saturated rings. The number of hydrogen-bond donors (Lipinski definition) is 2. The predicted octanol–water partition coefficient (Wildman–Crippen LogP) is 3.29. The number of nitrogens with one attached hydrogen (secondary N) is 1. The Labute approximate surface area is 131 Å². The topological polar surface area (TPSA) is 54.4 Å². The molecular formula is C16H15FN2O2S. The number of aliphatic hydroxyl groups excluding tert-OH is 1. The molecule has 22 heavy (non-hydrogen) atoms. The number of benzene rings is 2. The summed E-state index contributed by atoms with van der Waals surface area (Å²) in [5.74, 6) is 0.214. The van der Waals surface area contributed by atoms with Gasteiger partial charge in [0, 0.05) is 6.54 Å². The maximum Gasteiger partial charge on any atom is 0.183 e. The van der Waals surface area contributed by atoms with Gasteiger partial charge in [-0.05, 0) is 36.4 Å². The molecule has 3 aromatic rings. The maximum atomic E-state index is 12.8. The molecule has 0 aliphatic heterocycles. The van der Waals surface area contributed by atoms with Crippen LogP contribution in [0.4, 0.5) is 9.52 Å². The number of aliphatic hydroxyl groups is 1. The minimum atomic E-state index is -0.683. The summed E-state index contributed by atoms with van der Waals surface area (Å²) < 4.78 is 19.3. The van der Waals surface area contributed by atoms with Crippen LogP contribution in [0.1, 0.15) is 0 Å². The number of para-hydroxylation sites is 1. The van der Waals surface area contributed by atoms with Gasteiger partial charge in [0.2, 0.25) is 0 Å². The Morgan fingerprint density at radius 2 is 1.95 bits per heavy atom. The van der Waals surface area contributed by atoms with Crippen molar-refractivity contribution >= 4 is 26.7 Å². The molecule has 0 aliphatic carbocycles. The smallest absolute Gasteiger partial charge is 0.183 e. The molecule has 1 heterocycles. The van der Waals surface area contributed by atoms with Crippen LogP contribution < -0.4 is 10.1 Å². The predicted molar refractivity (Wildman–Crippen MR) is 86.0 cm³/mol. The molecule has 1 aromatic heterocycles. The third-order valence-corrected chi connectivity index (χ3v) is 4.03. The Kier molecular flexibility index (Phi) is 4.50. The van der Waals surface area contributed by atoms with E-state index in [0.717, 1.165) is 15.3 Å². The molecule has 3 rings (SSSR count). The van der Waals surface area contributed by atoms with E-state index in [1.54, 1.807) is 0 Å². The molecule has 0 radical (unpaired) electrons. The van der Waals surface area contributed by atoms with Gasteiger partial charge < -0.3 is 15.2 Å². The summed E-state index contributed by atoms with van der Waals surface area (Å²) in [6.07, 6.45) is -0.683. The van der Waals surface area contributed by atoms with Gasteiger partial charge >= 0.3 is 0 Å². The van der Waals surface area contributed by atoms with Crippen LogP contribution in [-0.2, 0) is 0 Å². The third kappa shape index (κ3) is 3.72. The van der Waals surface area contributed by atoms with Crippen molar-refractivity contribution in [1.82, 2.24) is 4.98 Å². The van der Waals surface area contributed by atoms with E-state index in [9.17, 15) is 9.50 Å². The zero-order valence-electron chi connectivity index (χ0n) is 11.7. The van der Waals surface area contributed by atoms with Crippen molar-refractivity contribution in [3.05, 3.63) is 54.3 Å². The van der Waals surface area contributed by atoms with Crippen LogP contribution in [0.5, 0.6) is 5.75 Å². The number of ether oxygens (including phenoxy) is 1. The van der Waals surface area contributed by atoms with Gasteiger partial charge in [0.05, 0.1) is 10.2 Å². The molecule has 6 heteroatoms. The second kappa shape index (κ2) is 6.72. The van der Waals surface area contributed by atoms with E-state index in [4.69, 9.17) is 4.74 Å². The minimum absolute atomic E-state index is 0.128. The second-order valence-corrected chi connectivity index (χ2v) is 5.82. The van der Waals surface area contributed by atoms with E-state index in [1.165, 1.54) is 35.6 Å². The van der Waals surface area contributed by atoms with E-state index in [0.29, 0.717) is 12.3 Å². The van der Waals surface area contributed by atoms with E-state index < -0.39 is 6.10 Å². The van der Waals surface area contributed by atoms with Gasteiger partial charge in [0.15, 0.2) is 5.13 Å². The number of fused-ring (bicyclic) bond motifs is 1. The average Bonchev–Trinajstić information content (AvgIpc) is 2.95. The lowest BCUT2D eigenvalue weighted by atomic mass is 10.3. The first-order valence-electron chi connectivity index (χ1n) is 6.86. The number of hydrogen-bond acceptors (Lipinski definition) is 5. The van der Waals surface area contributed by atoms with Crippen LogP contribution in [0.3, 0.4) is 0 Å². The molecule has 0 spiro atoms. The number of anilines is 1. The summed E-state index contributed by atoms with van der Waals surface area (Å²) in [5.41, 5.74) is 0.937. The molecule has 0 aliphatic rings. The summed E-state index contributed by atoms with van der Waals surface area (Å²) in [5, 5.41) is 13.8. The molecule has 4 nitrogen and oxygen atoms in total. The molecule has 2 N–H and O–H groups in total. The Hall–Kier alpha value is -2.18. The maximum absolute atomic E-state index is 12.8. The first-order chi connectivity index (χ1) is 10.7. The second-order valence-electron chi connectivity index (χ2n) is 4.79. The van der Waals surface area contributed by atoms with Gasteiger partial charge in [0.1, 0.15) is 24.3 Å². The SMILES string of the molecule is OC(CNc1nc2ccccc2s1)COc1ccc(F)cc1. The van der Waals surface area contributed by atoms with Crippen LogP contribution in [0, 0.1) is 5.82 Å². The number of rotatable bonds is 6. The van der Waals surface area contributed by atoms with Gasteiger partial charge in [-0.15, -0.1) is 0 Å². The van der Waals surface area contributed by atoms with Crippen molar-refractivity contribution < 1.29 is 14.2 Å². The zero-order chi connectivity index (χ0) is 15.4. The first kappa shape index (κ1) is 14.7. The van der Waals surface area contributed by atoms with Crippen LogP contribution >= 0.6 is 11.3 Å². The van der Waals surface area contributed by atoms with Crippen LogP contribution in [0.25, 0.3) is 10.2 Å². The highest BCUT2D eigenvalue weighted by molar-refractivity contribution is 7.22. The normalized spacial score (nSPS) is 12.3. The fraction of sp³-hybridized carbons (Fsp3) is 0.188. The van der Waals surface area contributed by atoms with Gasteiger partial charge in [-0.2, -0.15) is 0 Å². The van der Waals surface area contributed by atoms with Crippen molar-refractivity contribution in [3.63, 3.8) is 0 Å². The lowest BCUT2D eigenvalue weighted by Crippen LogP contribution is -2.26. The van der Waals surface area contributed by atoms with Crippen LogP contribution in [0.15, 0.2) is 48.5 Å². The molecular weight excluding hydrogens is 303 g/mol. The minimum Gasteiger partial charge on any atom is -0.491 e. The molecule has 1 atom stereocenters. The quantitative estimate of drug-likeness (QED) is 0.732. The van der Waals surface area contributed by atoms with Crippen molar-refractivity contribution in [2.24, 2.45) is 0 Å². The summed E-state index contributed by atoms with van der Waals surface area (Å²) in [6.45, 7) is 0.463. The van der Waals surface area contributed by atoms with Crippen LogP contribution in [-0.4, -0.2) is 29.3 Å². The Morgan fingerprint density at radius 3 is 2.73 bits per heavy atom. The van der Waals surface area contributed by atoms with Crippen molar-refractivity contribution in [2.45, 2.75) is 6.10 Å². The highest BCUT2D eigenvalue weighted by Crippen LogP contribution is 2.25. The molecule has 0 bridgehead atoms. The Bertz CT molecular complexity index is 712. The highest BCUT2D eigenvalue weighted by atomic mass is 32.1. The number of thiazole rings is 1. The van der Waals surface area contributed by atoms with Crippen LogP contribution in [0.2, 0.25) is 0 Å². The molecule has 114 valence electrons. The zero-order valence-corrected chi connectivity index (χ0v) is 12.5. The van der Waals surface area contributed by atoms with Crippen molar-refractivity contribution in [3.8, 4) is 5.75 Å². The first-order valence-corrected chi connectivity index (χ1v) is 7.68. The highest BCUT2D eigenvalue weighted by Gasteiger charge is 2.08. The Balaban J connectivity index is 1.49. The van der Waals surface area contributed by atoms with E-state index in [1.807, 2.05) is 24.3 Å². The fourth-order valence-corrected chi connectivity index (χ4v) is 2.81. The molecule has 0 saturated carbocycles. The number of aromatic nitrogens is 1.